The van der Waals surface area contributed by atoms with Gasteiger partial charge in [-0.15, -0.1) is 0 Å². The maximum Gasteiger partial charge on any atom is 0.263 e. The third-order valence-corrected chi connectivity index (χ3v) is 6.22. The average Bonchev–Trinajstić information content (AvgIpc) is 3.23. The molecular weight excluding hydrogens is 375 g/mol. The molecule has 8 nitrogen and oxygen atoms in total. The predicted octanol–water partition coefficient (Wildman–Crippen LogP) is 1.24. The van der Waals surface area contributed by atoms with Crippen molar-refractivity contribution in [3.05, 3.63) is 42.3 Å². The van der Waals surface area contributed by atoms with Crippen LogP contribution in [-0.4, -0.2) is 66.0 Å². The Labute approximate surface area is 157 Å². The van der Waals surface area contributed by atoms with Gasteiger partial charge in [0, 0.05) is 26.2 Å². The first-order valence-corrected chi connectivity index (χ1v) is 10.1. The number of hydrogen-bond acceptors (Lipinski definition) is 5. The van der Waals surface area contributed by atoms with E-state index in [1.54, 1.807) is 24.0 Å². The van der Waals surface area contributed by atoms with Crippen LogP contribution in [0.25, 0.3) is 0 Å². The molecule has 27 heavy (non-hydrogen) atoms. The van der Waals surface area contributed by atoms with Crippen molar-refractivity contribution in [1.82, 2.24) is 19.4 Å². The molecule has 1 aromatic carbocycles. The van der Waals surface area contributed by atoms with Crippen molar-refractivity contribution in [2.45, 2.75) is 24.5 Å². The Kier molecular flexibility index (Phi) is 5.76. The van der Waals surface area contributed by atoms with E-state index in [9.17, 15) is 17.6 Å². The molecule has 146 valence electrons. The van der Waals surface area contributed by atoms with Crippen LogP contribution in [0, 0.1) is 5.82 Å². The minimum Gasteiger partial charge on any atom is -0.478 e. The number of sulfonamides is 1. The van der Waals surface area contributed by atoms with Gasteiger partial charge in [0.05, 0.1) is 6.20 Å². The number of H-pyrrole nitrogens is 1. The highest BCUT2D eigenvalue weighted by molar-refractivity contribution is 7.89. The second-order valence-corrected chi connectivity index (χ2v) is 8.00. The van der Waals surface area contributed by atoms with E-state index < -0.39 is 21.9 Å². The molecule has 10 heteroatoms. The molecule has 1 aliphatic rings. The van der Waals surface area contributed by atoms with E-state index in [1.165, 1.54) is 28.7 Å². The minimum atomic E-state index is -3.65. The zero-order chi connectivity index (χ0) is 19.4. The lowest BCUT2D eigenvalue weighted by Crippen LogP contribution is -2.53. The Morgan fingerprint density at radius 1 is 1.26 bits per heavy atom. The van der Waals surface area contributed by atoms with Crippen LogP contribution >= 0.6 is 0 Å². The van der Waals surface area contributed by atoms with Crippen molar-refractivity contribution >= 4 is 15.9 Å². The van der Waals surface area contributed by atoms with E-state index in [2.05, 4.69) is 10.2 Å². The van der Waals surface area contributed by atoms with Gasteiger partial charge in [0.1, 0.15) is 0 Å². The third kappa shape index (κ3) is 4.11. The molecule has 1 amide bonds. The number of piperazine rings is 1. The highest BCUT2D eigenvalue weighted by Gasteiger charge is 2.33. The summed E-state index contributed by atoms with van der Waals surface area (Å²) >= 11 is 0. The van der Waals surface area contributed by atoms with Crippen LogP contribution in [0.4, 0.5) is 4.39 Å². The summed E-state index contributed by atoms with van der Waals surface area (Å²) in [5.41, 5.74) is 0. The van der Waals surface area contributed by atoms with Crippen LogP contribution in [0.2, 0.25) is 0 Å². The minimum absolute atomic E-state index is 0.0246. The monoisotopic (exact) mass is 396 g/mol. The molecule has 2 heterocycles. The number of nitrogens with one attached hydrogen (secondary N) is 1. The van der Waals surface area contributed by atoms with Gasteiger partial charge in [-0.2, -0.15) is 9.40 Å². The maximum absolute atomic E-state index is 13.8. The van der Waals surface area contributed by atoms with Crippen LogP contribution in [0.3, 0.4) is 0 Å². The fraction of sp³-hybridized carbons (Fsp3) is 0.412. The van der Waals surface area contributed by atoms with Crippen molar-refractivity contribution in [2.75, 3.05) is 26.2 Å². The van der Waals surface area contributed by atoms with E-state index in [0.717, 1.165) is 0 Å². The Balaban J connectivity index is 1.63. The van der Waals surface area contributed by atoms with Crippen molar-refractivity contribution in [1.29, 1.82) is 0 Å². The number of carbonyl (C=O) groups is 1. The van der Waals surface area contributed by atoms with Gasteiger partial charge in [0.15, 0.2) is 22.7 Å². The lowest BCUT2D eigenvalue weighted by Gasteiger charge is -2.35. The van der Waals surface area contributed by atoms with Gasteiger partial charge in [-0.25, -0.2) is 12.8 Å². The van der Waals surface area contributed by atoms with E-state index in [-0.39, 0.29) is 42.9 Å². The molecule has 1 fully saturated rings. The molecule has 0 spiro atoms. The average molecular weight is 396 g/mol. The van der Waals surface area contributed by atoms with Gasteiger partial charge in [-0.1, -0.05) is 19.1 Å². The molecule has 2 aromatic rings. The summed E-state index contributed by atoms with van der Waals surface area (Å²) in [6.45, 7) is 2.60. The van der Waals surface area contributed by atoms with Crippen molar-refractivity contribution in [2.24, 2.45) is 0 Å². The second-order valence-electron chi connectivity index (χ2n) is 6.10. The topological polar surface area (TPSA) is 95.6 Å². The number of aromatic nitrogens is 2. The Hall–Kier alpha value is -2.46. The fourth-order valence-electron chi connectivity index (χ4n) is 2.88. The van der Waals surface area contributed by atoms with E-state index >= 15 is 0 Å². The number of carbonyl (C=O) groups excluding carboxylic acids is 1. The number of hydrogen-bond donors (Lipinski definition) is 1. The Morgan fingerprint density at radius 2 is 1.96 bits per heavy atom. The molecular formula is C17H21FN4O4S. The van der Waals surface area contributed by atoms with Crippen LogP contribution in [-0.2, 0) is 14.8 Å². The summed E-state index contributed by atoms with van der Waals surface area (Å²) in [6, 6.07) is 7.31. The van der Waals surface area contributed by atoms with E-state index in [0.29, 0.717) is 6.42 Å². The van der Waals surface area contributed by atoms with Gasteiger partial charge in [0.2, 0.25) is 0 Å². The van der Waals surface area contributed by atoms with Crippen LogP contribution in [0.5, 0.6) is 5.75 Å². The third-order valence-electron chi connectivity index (χ3n) is 4.40. The van der Waals surface area contributed by atoms with Crippen LogP contribution < -0.4 is 4.74 Å². The van der Waals surface area contributed by atoms with Crippen LogP contribution in [0.15, 0.2) is 41.6 Å². The first kappa shape index (κ1) is 19.3. The van der Waals surface area contributed by atoms with E-state index in [1.807, 2.05) is 0 Å². The van der Waals surface area contributed by atoms with Crippen molar-refractivity contribution in [3.63, 3.8) is 0 Å². The van der Waals surface area contributed by atoms with Gasteiger partial charge in [-0.3, -0.25) is 9.89 Å². The quantitative estimate of drug-likeness (QED) is 0.793. The number of benzene rings is 1. The Bertz CT molecular complexity index is 880. The Morgan fingerprint density at radius 3 is 2.56 bits per heavy atom. The molecule has 0 aliphatic carbocycles. The van der Waals surface area contributed by atoms with Gasteiger partial charge >= 0.3 is 0 Å². The summed E-state index contributed by atoms with van der Waals surface area (Å²) in [5, 5.41) is 6.14. The highest BCUT2D eigenvalue weighted by Crippen LogP contribution is 2.20. The first-order chi connectivity index (χ1) is 12.9. The number of amides is 1. The van der Waals surface area contributed by atoms with Gasteiger partial charge < -0.3 is 9.64 Å². The molecule has 0 radical (unpaired) electrons. The number of rotatable bonds is 6. The van der Waals surface area contributed by atoms with Gasteiger partial charge in [-0.05, 0) is 24.6 Å². The number of ether oxygens (including phenoxy) is 1. The second kappa shape index (κ2) is 8.05. The summed E-state index contributed by atoms with van der Waals surface area (Å²) in [7, 11) is -3.65. The van der Waals surface area contributed by atoms with E-state index in [4.69, 9.17) is 4.74 Å². The molecule has 1 aromatic heterocycles. The molecule has 1 N–H and O–H groups in total. The van der Waals surface area contributed by atoms with Crippen molar-refractivity contribution < 1.29 is 22.3 Å². The lowest BCUT2D eigenvalue weighted by atomic mass is 10.2. The number of para-hydroxylation sites is 1. The molecule has 0 unspecified atom stereocenters. The zero-order valence-corrected chi connectivity index (χ0v) is 15.7. The van der Waals surface area contributed by atoms with Crippen LogP contribution in [0.1, 0.15) is 13.3 Å². The molecule has 1 atom stereocenters. The number of aromatic amines is 1. The van der Waals surface area contributed by atoms with Crippen molar-refractivity contribution in [3.8, 4) is 5.75 Å². The predicted molar refractivity (Wildman–Crippen MR) is 95.0 cm³/mol. The fourth-order valence-corrected chi connectivity index (χ4v) is 4.20. The summed E-state index contributed by atoms with van der Waals surface area (Å²) < 4.78 is 45.6. The maximum atomic E-state index is 13.8. The zero-order valence-electron chi connectivity index (χ0n) is 14.8. The van der Waals surface area contributed by atoms with Gasteiger partial charge in [0.25, 0.3) is 15.9 Å². The number of nitrogens with zero attached hydrogens (tertiary/aromatic N) is 3. The number of halogens is 1. The SMILES string of the molecule is CC[C@H](Oc1ccccc1F)C(=O)N1CCN(S(=O)(=O)c2ccn[nH]2)CC1. The summed E-state index contributed by atoms with van der Waals surface area (Å²) in [6.07, 6.45) is 0.927. The molecule has 3 rings (SSSR count). The first-order valence-electron chi connectivity index (χ1n) is 8.63. The smallest absolute Gasteiger partial charge is 0.263 e. The lowest BCUT2D eigenvalue weighted by molar-refractivity contribution is -0.140. The summed E-state index contributed by atoms with van der Waals surface area (Å²) in [5.74, 6) is -0.781. The largest absolute Gasteiger partial charge is 0.478 e. The molecule has 1 saturated heterocycles. The highest BCUT2D eigenvalue weighted by atomic mass is 32.2. The molecule has 0 saturated carbocycles. The standard InChI is InChI=1S/C17H21FN4O4S/c1-2-14(26-15-6-4-3-5-13(15)18)17(23)21-9-11-22(12-10-21)27(24,25)16-7-8-19-20-16/h3-8,14H,2,9-12H2,1H3,(H,19,20)/t14-/m0/s1. The molecule has 0 bridgehead atoms. The summed E-state index contributed by atoms with van der Waals surface area (Å²) in [4.78, 5) is 14.3. The molecule has 1 aliphatic heterocycles. The normalized spacial score (nSPS) is 16.9.